The van der Waals surface area contributed by atoms with Crippen LogP contribution in [0.15, 0.2) is 48.5 Å². The number of aliphatic hydroxyl groups is 1. The summed E-state index contributed by atoms with van der Waals surface area (Å²) in [7, 11) is 1.76. The van der Waals surface area contributed by atoms with Crippen LogP contribution in [0.4, 0.5) is 10.2 Å². The second-order valence-electron chi connectivity index (χ2n) is 7.82. The van der Waals surface area contributed by atoms with E-state index in [4.69, 9.17) is 14.7 Å². The van der Waals surface area contributed by atoms with Gasteiger partial charge in [0.2, 0.25) is 0 Å². The first-order valence-electron chi connectivity index (χ1n) is 10.7. The molecule has 0 atom stereocenters. The Labute approximate surface area is 197 Å². The van der Waals surface area contributed by atoms with E-state index in [9.17, 15) is 14.3 Å². The van der Waals surface area contributed by atoms with Gasteiger partial charge in [0, 0.05) is 21.6 Å². The van der Waals surface area contributed by atoms with Crippen LogP contribution in [0.25, 0.3) is 0 Å². The van der Waals surface area contributed by atoms with Gasteiger partial charge < -0.3 is 24.4 Å². The first kappa shape index (κ1) is 23.2. The molecule has 2 aromatic carbocycles. The van der Waals surface area contributed by atoms with Crippen molar-refractivity contribution < 1.29 is 25.2 Å². The van der Waals surface area contributed by atoms with Crippen molar-refractivity contribution in [1.29, 1.82) is 5.26 Å². The van der Waals surface area contributed by atoms with E-state index in [0.717, 1.165) is 5.56 Å². The smallest absolute Gasteiger partial charge is 0.304 e. The number of fused-ring (bicyclic) bond motifs is 1. The van der Waals surface area contributed by atoms with Gasteiger partial charge in [0.1, 0.15) is 25.0 Å². The molecule has 0 radical (unpaired) electrons. The number of aliphatic hydroxyl groups excluding tert-OH is 1. The highest BCUT2D eigenvalue weighted by atomic mass is 19.1. The van der Waals surface area contributed by atoms with Gasteiger partial charge in [-0.15, -0.1) is 0 Å². The predicted octanol–water partition coefficient (Wildman–Crippen LogP) is 3.19. The summed E-state index contributed by atoms with van der Waals surface area (Å²) in [5.41, 5.74) is 1.54. The van der Waals surface area contributed by atoms with Gasteiger partial charge in [0.25, 0.3) is 5.91 Å². The minimum absolute atomic E-state index is 0. The molecule has 0 unspecified atom stereocenters. The van der Waals surface area contributed by atoms with Gasteiger partial charge in [-0.05, 0) is 48.4 Å². The fourth-order valence-corrected chi connectivity index (χ4v) is 3.58. The fourth-order valence-electron chi connectivity index (χ4n) is 3.58. The maximum atomic E-state index is 13.6. The minimum Gasteiger partial charge on any atom is -0.425 e. The molecular formula is C24H26FN5O4. The van der Waals surface area contributed by atoms with Crippen molar-refractivity contribution in [2.45, 2.75) is 13.0 Å². The lowest BCUT2D eigenvalue weighted by Gasteiger charge is -2.29. The van der Waals surface area contributed by atoms with Gasteiger partial charge in [-0.3, -0.25) is 9.36 Å². The lowest BCUT2D eigenvalue weighted by molar-refractivity contribution is 0.0200. The molecule has 1 N–H and O–H groups in total. The van der Waals surface area contributed by atoms with Gasteiger partial charge >= 0.3 is 6.01 Å². The van der Waals surface area contributed by atoms with Crippen molar-refractivity contribution in [3.63, 3.8) is 0 Å². The van der Waals surface area contributed by atoms with Crippen LogP contribution in [0, 0.1) is 17.1 Å². The van der Waals surface area contributed by atoms with Crippen LogP contribution in [0.2, 0.25) is 0 Å². The standard InChI is InChI=1S/C24H24FN5O4.H2/c1-28-15-33-16-29(11-2-12-31)23(32)21-22(28)27-24(34-20-9-5-17(13-26)6-10-20)30(21)14-18-3-7-19(25)8-4-18;/h3-10,31H,2,11-12,14-16H2,1H3;1H. The first-order chi connectivity index (χ1) is 16.5. The summed E-state index contributed by atoms with van der Waals surface area (Å²) in [6.45, 7) is 0.725. The third kappa shape index (κ3) is 5.01. The molecule has 4 rings (SSSR count). The van der Waals surface area contributed by atoms with Gasteiger partial charge in [-0.2, -0.15) is 10.2 Å². The SMILES string of the molecule is CN1COCN(CCCO)C(=O)c2c1nc(Oc1ccc(C#N)cc1)n2Cc1ccc(F)cc1.[HH]. The quantitative estimate of drug-likeness (QED) is 0.569. The Morgan fingerprint density at radius 1 is 1.21 bits per heavy atom. The molecule has 0 fully saturated rings. The summed E-state index contributed by atoms with van der Waals surface area (Å²) < 4.78 is 26.8. The number of aromatic nitrogens is 2. The number of halogens is 1. The minimum atomic E-state index is -0.359. The molecule has 10 heteroatoms. The molecule has 2 heterocycles. The average Bonchev–Trinajstić information content (AvgIpc) is 3.19. The van der Waals surface area contributed by atoms with Gasteiger partial charge in [0.05, 0.1) is 18.2 Å². The Balaban J connectivity index is 0.00000342. The molecule has 0 spiro atoms. The average molecular weight is 468 g/mol. The van der Waals surface area contributed by atoms with E-state index in [2.05, 4.69) is 11.1 Å². The van der Waals surface area contributed by atoms with E-state index in [-0.39, 0.29) is 45.8 Å². The Hall–Kier alpha value is -3.94. The van der Waals surface area contributed by atoms with Crippen LogP contribution >= 0.6 is 0 Å². The molecule has 1 aliphatic heterocycles. The molecule has 1 aliphatic rings. The fraction of sp³-hybridized carbons (Fsp3) is 0.292. The third-order valence-electron chi connectivity index (χ3n) is 5.33. The normalized spacial score (nSPS) is 13.8. The zero-order valence-electron chi connectivity index (χ0n) is 18.6. The Morgan fingerprint density at radius 2 is 1.94 bits per heavy atom. The molecule has 3 aromatic rings. The molecule has 9 nitrogen and oxygen atoms in total. The van der Waals surface area contributed by atoms with Crippen LogP contribution in [-0.4, -0.2) is 59.1 Å². The number of hydrogen-bond donors (Lipinski definition) is 1. The molecule has 34 heavy (non-hydrogen) atoms. The first-order valence-corrected chi connectivity index (χ1v) is 10.7. The number of rotatable bonds is 7. The number of anilines is 1. The molecule has 0 saturated carbocycles. The summed E-state index contributed by atoms with van der Waals surface area (Å²) in [5, 5.41) is 18.3. The molecule has 0 bridgehead atoms. The predicted molar refractivity (Wildman–Crippen MR) is 123 cm³/mol. The highest BCUT2D eigenvalue weighted by Gasteiger charge is 2.32. The van der Waals surface area contributed by atoms with E-state index < -0.39 is 0 Å². The van der Waals surface area contributed by atoms with E-state index in [1.54, 1.807) is 52.9 Å². The van der Waals surface area contributed by atoms with Crippen molar-refractivity contribution in [3.8, 4) is 17.8 Å². The number of amides is 1. The second kappa shape index (κ2) is 10.3. The molecular weight excluding hydrogens is 441 g/mol. The van der Waals surface area contributed by atoms with Crippen molar-refractivity contribution in [2.75, 3.05) is 38.6 Å². The number of carbonyl (C=O) groups is 1. The largest absolute Gasteiger partial charge is 0.425 e. The third-order valence-corrected chi connectivity index (χ3v) is 5.33. The highest BCUT2D eigenvalue weighted by molar-refractivity contribution is 5.98. The molecule has 0 saturated heterocycles. The number of benzene rings is 2. The molecule has 1 amide bonds. The lowest BCUT2D eigenvalue weighted by atomic mass is 10.2. The second-order valence-corrected chi connectivity index (χ2v) is 7.82. The van der Waals surface area contributed by atoms with Gasteiger partial charge in [0.15, 0.2) is 11.5 Å². The number of carbonyl (C=O) groups excluding carboxylic acids is 1. The lowest BCUT2D eigenvalue weighted by Crippen LogP contribution is -2.40. The van der Waals surface area contributed by atoms with Gasteiger partial charge in [-0.25, -0.2) is 4.39 Å². The maximum absolute atomic E-state index is 13.6. The Kier molecular flexibility index (Phi) is 7.06. The number of nitriles is 1. The zero-order chi connectivity index (χ0) is 24.1. The topological polar surface area (TPSA) is 104 Å². The Bertz CT molecular complexity index is 1190. The number of imidazole rings is 1. The van der Waals surface area contributed by atoms with E-state index >= 15 is 0 Å². The van der Waals surface area contributed by atoms with Crippen LogP contribution < -0.4 is 9.64 Å². The van der Waals surface area contributed by atoms with E-state index in [0.29, 0.717) is 35.8 Å². The summed E-state index contributed by atoms with van der Waals surface area (Å²) in [4.78, 5) is 21.4. The number of nitrogens with zero attached hydrogens (tertiary/aromatic N) is 5. The monoisotopic (exact) mass is 467 g/mol. The van der Waals surface area contributed by atoms with Crippen molar-refractivity contribution in [3.05, 3.63) is 71.2 Å². The van der Waals surface area contributed by atoms with Gasteiger partial charge in [-0.1, -0.05) is 12.1 Å². The summed E-state index contributed by atoms with van der Waals surface area (Å²) >= 11 is 0. The molecule has 0 aliphatic carbocycles. The summed E-state index contributed by atoms with van der Waals surface area (Å²) in [6, 6.07) is 14.8. The van der Waals surface area contributed by atoms with E-state index in [1.165, 1.54) is 17.0 Å². The molecule has 178 valence electrons. The van der Waals surface area contributed by atoms with Crippen molar-refractivity contribution >= 4 is 11.7 Å². The van der Waals surface area contributed by atoms with Crippen molar-refractivity contribution in [2.24, 2.45) is 0 Å². The van der Waals surface area contributed by atoms with Crippen LogP contribution in [0.1, 0.15) is 29.5 Å². The maximum Gasteiger partial charge on any atom is 0.304 e. The van der Waals surface area contributed by atoms with Crippen LogP contribution in [0.3, 0.4) is 0 Å². The van der Waals surface area contributed by atoms with Crippen molar-refractivity contribution in [1.82, 2.24) is 14.5 Å². The van der Waals surface area contributed by atoms with Crippen LogP contribution in [-0.2, 0) is 11.3 Å². The summed E-state index contributed by atoms with van der Waals surface area (Å²) in [5.74, 6) is 0.145. The molecule has 1 aromatic heterocycles. The zero-order valence-corrected chi connectivity index (χ0v) is 18.6. The summed E-state index contributed by atoms with van der Waals surface area (Å²) in [6.07, 6.45) is 0.404. The highest BCUT2D eigenvalue weighted by Crippen LogP contribution is 2.32. The van der Waals surface area contributed by atoms with Crippen LogP contribution in [0.5, 0.6) is 11.8 Å². The number of ether oxygens (including phenoxy) is 2. The van der Waals surface area contributed by atoms with E-state index in [1.807, 2.05) is 0 Å². The Morgan fingerprint density at radius 3 is 2.62 bits per heavy atom. The number of hydrogen-bond acceptors (Lipinski definition) is 7.